The number of hydrogen-bond donors (Lipinski definition) is 1. The highest BCUT2D eigenvalue weighted by Crippen LogP contribution is 2.56. The van der Waals surface area contributed by atoms with Crippen LogP contribution in [0.4, 0.5) is 5.13 Å². The Morgan fingerprint density at radius 1 is 0.714 bits per heavy atom. The lowest BCUT2D eigenvalue weighted by molar-refractivity contribution is 0.0529. The molecule has 1 fully saturated rings. The Labute approximate surface area is 284 Å². The predicted octanol–water partition coefficient (Wildman–Crippen LogP) is 5.17. The maximum Gasteiger partial charge on any atom is 0.236 e. The number of benzene rings is 4. The zero-order valence-corrected chi connectivity index (χ0v) is 27.4. The molecule has 238 valence electrons. The van der Waals surface area contributed by atoms with Crippen LogP contribution >= 0.6 is 23.1 Å². The van der Waals surface area contributed by atoms with Gasteiger partial charge in [-0.25, -0.2) is 9.98 Å². The van der Waals surface area contributed by atoms with Gasteiger partial charge in [-0.05, 0) is 71.5 Å². The summed E-state index contributed by atoms with van der Waals surface area (Å²) >= 11 is 2.65. The van der Waals surface area contributed by atoms with Gasteiger partial charge in [0.15, 0.2) is 21.8 Å². The number of rotatable bonds is 2. The Bertz CT molecular complexity index is 2820. The van der Waals surface area contributed by atoms with E-state index in [9.17, 15) is 19.2 Å². The molecule has 1 saturated carbocycles. The molecule has 1 aliphatic carbocycles. The van der Waals surface area contributed by atoms with E-state index in [2.05, 4.69) is 10.3 Å². The van der Waals surface area contributed by atoms with Crippen LogP contribution in [-0.2, 0) is 0 Å². The summed E-state index contributed by atoms with van der Waals surface area (Å²) in [7, 11) is 0. The van der Waals surface area contributed by atoms with Crippen LogP contribution in [0.3, 0.4) is 0 Å². The lowest BCUT2D eigenvalue weighted by Gasteiger charge is -2.40. The van der Waals surface area contributed by atoms with Crippen molar-refractivity contribution < 1.29 is 4.74 Å². The van der Waals surface area contributed by atoms with Gasteiger partial charge in [0.1, 0.15) is 4.88 Å². The highest BCUT2D eigenvalue weighted by atomic mass is 32.2. The molecule has 0 radical (unpaired) electrons. The van der Waals surface area contributed by atoms with E-state index in [1.807, 2.05) is 48.5 Å². The van der Waals surface area contributed by atoms with Crippen molar-refractivity contribution in [2.24, 2.45) is 9.98 Å². The van der Waals surface area contributed by atoms with E-state index in [4.69, 9.17) is 14.7 Å². The van der Waals surface area contributed by atoms with E-state index in [-0.39, 0.29) is 26.7 Å². The molecule has 1 unspecified atom stereocenters. The molecule has 1 spiro atoms. The number of nitrogens with one attached hydrogen (secondary N) is 1. The van der Waals surface area contributed by atoms with Crippen molar-refractivity contribution in [3.63, 3.8) is 0 Å². The molecule has 9 nitrogen and oxygen atoms in total. The second-order valence-corrected chi connectivity index (χ2v) is 14.9. The van der Waals surface area contributed by atoms with Crippen LogP contribution in [0.5, 0.6) is 5.88 Å². The third kappa shape index (κ3) is 4.21. The van der Waals surface area contributed by atoms with Gasteiger partial charge >= 0.3 is 0 Å². The standard InChI is InChI=1S/C38H24N4O5S2/c43-28-22-14-18-8-2-3-9-19(18)15-23(22)29(44)26(28)39-36-41-34-32(48-36)33-35(47-38(34)12-6-1-7-13-38)42-37(49-33)40-27-30(45)24-16-20-10-4-5-11-21(20)17-25(24)31(27)46/h2-5,8-11,14-17,36,41H,1,6-7,12-13H2. The van der Waals surface area contributed by atoms with Crippen molar-refractivity contribution in [3.8, 4) is 5.88 Å². The van der Waals surface area contributed by atoms with Crippen molar-refractivity contribution in [3.05, 3.63) is 135 Å². The maximum absolute atomic E-state index is 13.5. The number of thiazole rings is 1. The monoisotopic (exact) mass is 680 g/mol. The van der Waals surface area contributed by atoms with Crippen LogP contribution in [0.15, 0.2) is 108 Å². The SMILES string of the molecule is O=c1c(=Nc2nc3c(s2)C2=C(NC(N=c4c(=O)c5cc6ccccc6cc5c4=O)S2)C2(CCCCC2)O3)c(=O)c2cc3ccccc3cc12. The third-order valence-corrected chi connectivity index (χ3v) is 12.2. The molecular formula is C38H24N4O5S2. The fraction of sp³-hybridized carbons (Fsp3) is 0.184. The molecule has 0 bridgehead atoms. The van der Waals surface area contributed by atoms with Crippen LogP contribution < -0.4 is 42.5 Å². The van der Waals surface area contributed by atoms with Crippen LogP contribution in [0.1, 0.15) is 37.0 Å². The first-order valence-electron chi connectivity index (χ1n) is 16.2. The van der Waals surface area contributed by atoms with Gasteiger partial charge < -0.3 is 10.1 Å². The van der Waals surface area contributed by atoms with E-state index in [1.54, 1.807) is 24.3 Å². The molecule has 1 N–H and O–H groups in total. The highest BCUT2D eigenvalue weighted by molar-refractivity contribution is 8.09. The van der Waals surface area contributed by atoms with E-state index < -0.39 is 22.0 Å². The molecule has 3 aliphatic rings. The van der Waals surface area contributed by atoms with E-state index in [1.165, 1.54) is 23.1 Å². The largest absolute Gasteiger partial charge is 0.463 e. The summed E-state index contributed by atoms with van der Waals surface area (Å²) < 4.78 is 6.69. The zero-order chi connectivity index (χ0) is 33.0. The fourth-order valence-electron chi connectivity index (χ4n) is 7.60. The van der Waals surface area contributed by atoms with E-state index in [0.717, 1.165) is 64.3 Å². The van der Waals surface area contributed by atoms with Crippen LogP contribution in [0.25, 0.3) is 48.0 Å². The van der Waals surface area contributed by atoms with Gasteiger partial charge in [-0.15, -0.1) is 0 Å². The Morgan fingerprint density at radius 3 is 1.76 bits per heavy atom. The van der Waals surface area contributed by atoms with Gasteiger partial charge in [-0.2, -0.15) is 4.98 Å². The van der Waals surface area contributed by atoms with E-state index >= 15 is 0 Å². The summed E-state index contributed by atoms with van der Waals surface area (Å²) in [5.74, 6) is 0.404. The Hall–Kier alpha value is -5.26. The summed E-state index contributed by atoms with van der Waals surface area (Å²) in [5.41, 5.74) is -2.03. The molecule has 1 atom stereocenters. The average molecular weight is 681 g/mol. The predicted molar refractivity (Wildman–Crippen MR) is 194 cm³/mol. The minimum absolute atomic E-state index is 0.0872. The average Bonchev–Trinajstić information content (AvgIpc) is 3.85. The first kappa shape index (κ1) is 28.7. The lowest BCUT2D eigenvalue weighted by Crippen LogP contribution is -2.47. The van der Waals surface area contributed by atoms with Gasteiger partial charge in [-0.3, -0.25) is 19.2 Å². The second kappa shape index (κ2) is 10.4. The number of ether oxygens (including phenoxy) is 1. The van der Waals surface area contributed by atoms with Crippen LogP contribution in [0, 0.1) is 0 Å². The quantitative estimate of drug-likeness (QED) is 0.265. The smallest absolute Gasteiger partial charge is 0.236 e. The van der Waals surface area contributed by atoms with E-state index in [0.29, 0.717) is 32.3 Å². The fourth-order valence-corrected chi connectivity index (χ4v) is 9.80. The highest BCUT2D eigenvalue weighted by Gasteiger charge is 2.49. The topological polar surface area (TPSA) is 127 Å². The van der Waals surface area contributed by atoms with Crippen LogP contribution in [0.2, 0.25) is 0 Å². The second-order valence-electron chi connectivity index (χ2n) is 12.9. The molecule has 2 aliphatic heterocycles. The summed E-state index contributed by atoms with van der Waals surface area (Å²) in [6, 6.07) is 22.3. The Balaban J connectivity index is 1.08. The normalized spacial score (nSPS) is 18.2. The molecule has 7 aromatic rings. The van der Waals surface area contributed by atoms with Crippen LogP contribution in [-0.4, -0.2) is 16.1 Å². The minimum Gasteiger partial charge on any atom is -0.463 e. The van der Waals surface area contributed by atoms with Crippen molar-refractivity contribution >= 4 is 76.2 Å². The molecule has 6 aromatic carbocycles. The van der Waals surface area contributed by atoms with Gasteiger partial charge in [-0.1, -0.05) is 78.1 Å². The summed E-state index contributed by atoms with van der Waals surface area (Å²) in [5, 5.41) is 8.46. The van der Waals surface area contributed by atoms with Gasteiger partial charge in [0.05, 0.1) is 10.6 Å². The van der Waals surface area contributed by atoms with Gasteiger partial charge in [0, 0.05) is 21.5 Å². The summed E-state index contributed by atoms with van der Waals surface area (Å²) in [4.78, 5) is 69.4. The third-order valence-electron chi connectivity index (χ3n) is 9.99. The summed E-state index contributed by atoms with van der Waals surface area (Å²) in [6.45, 7) is 0. The number of nitrogens with zero attached hydrogens (tertiary/aromatic N) is 3. The molecular weight excluding hydrogens is 657 g/mol. The van der Waals surface area contributed by atoms with Crippen molar-refractivity contribution in [1.29, 1.82) is 0 Å². The number of hydrogen-bond acceptors (Lipinski definition) is 11. The van der Waals surface area contributed by atoms with Gasteiger partial charge in [0.25, 0.3) is 0 Å². The Morgan fingerprint density at radius 2 is 1.22 bits per heavy atom. The number of fused-ring (bicyclic) bond motifs is 7. The van der Waals surface area contributed by atoms with Crippen molar-refractivity contribution in [1.82, 2.24) is 10.3 Å². The number of aromatic nitrogens is 1. The molecule has 0 amide bonds. The number of thioether (sulfide) groups is 1. The summed E-state index contributed by atoms with van der Waals surface area (Å²) in [6.07, 6.45) is 4.54. The van der Waals surface area contributed by atoms with Crippen molar-refractivity contribution in [2.45, 2.75) is 43.2 Å². The molecule has 11 heteroatoms. The molecule has 3 heterocycles. The minimum atomic E-state index is -0.666. The first-order valence-corrected chi connectivity index (χ1v) is 17.9. The van der Waals surface area contributed by atoms with Gasteiger partial charge in [0.2, 0.25) is 32.7 Å². The molecule has 0 saturated heterocycles. The Kier molecular flexibility index (Phi) is 6.08. The zero-order valence-electron chi connectivity index (χ0n) is 25.7. The maximum atomic E-state index is 13.5. The molecule has 49 heavy (non-hydrogen) atoms. The lowest BCUT2D eigenvalue weighted by atomic mass is 9.81. The first-order chi connectivity index (χ1) is 23.9. The molecule has 10 rings (SSSR count). The molecule has 1 aromatic heterocycles. The van der Waals surface area contributed by atoms with Crippen molar-refractivity contribution in [2.75, 3.05) is 0 Å².